The van der Waals surface area contributed by atoms with Gasteiger partial charge >= 0.3 is 0 Å². The van der Waals surface area contributed by atoms with Crippen molar-refractivity contribution >= 4 is 32.4 Å². The highest BCUT2D eigenvalue weighted by molar-refractivity contribution is 9.10. The molecule has 1 aromatic heterocycles. The van der Waals surface area contributed by atoms with Gasteiger partial charge in [0.05, 0.1) is 0 Å². The number of thiazole rings is 1. The molecular formula is C11H17BrN2S. The van der Waals surface area contributed by atoms with Gasteiger partial charge < -0.3 is 5.32 Å². The number of hydrogen-bond acceptors (Lipinski definition) is 3. The van der Waals surface area contributed by atoms with E-state index in [1.807, 2.05) is 5.38 Å². The number of halogens is 1. The zero-order valence-corrected chi connectivity index (χ0v) is 11.6. The molecule has 84 valence electrons. The molecule has 0 spiro atoms. The fraction of sp³-hybridized carbons (Fsp3) is 0.727. The van der Waals surface area contributed by atoms with E-state index in [2.05, 4.69) is 40.1 Å². The molecule has 2 atom stereocenters. The Bertz CT molecular complexity index is 316. The van der Waals surface area contributed by atoms with Gasteiger partial charge in [-0.2, -0.15) is 0 Å². The number of rotatable bonds is 2. The van der Waals surface area contributed by atoms with Crippen LogP contribution < -0.4 is 5.32 Å². The van der Waals surface area contributed by atoms with Crippen molar-refractivity contribution in [3.8, 4) is 0 Å². The third kappa shape index (κ3) is 3.18. The number of hydrogen-bond donors (Lipinski definition) is 1. The number of anilines is 1. The molecule has 0 bridgehead atoms. The summed E-state index contributed by atoms with van der Waals surface area (Å²) in [4.78, 5) is 4.38. The third-order valence-electron chi connectivity index (χ3n) is 2.98. The molecule has 2 nitrogen and oxygen atoms in total. The number of aromatic nitrogens is 1. The SMILES string of the molecule is CC1CC(C)CC(Nc2nc(Br)cs2)C1. The first kappa shape index (κ1) is 11.4. The average Bonchev–Trinajstić information content (AvgIpc) is 2.49. The quantitative estimate of drug-likeness (QED) is 0.885. The van der Waals surface area contributed by atoms with Crippen molar-refractivity contribution < 1.29 is 0 Å². The molecule has 1 aliphatic rings. The molecule has 1 heterocycles. The van der Waals surface area contributed by atoms with Gasteiger partial charge in [0, 0.05) is 11.4 Å². The summed E-state index contributed by atoms with van der Waals surface area (Å²) in [6, 6.07) is 0.613. The van der Waals surface area contributed by atoms with Gasteiger partial charge in [0.1, 0.15) is 4.60 Å². The minimum atomic E-state index is 0.613. The first-order valence-corrected chi connectivity index (χ1v) is 7.18. The van der Waals surface area contributed by atoms with Gasteiger partial charge in [-0.05, 0) is 47.0 Å². The Morgan fingerprint density at radius 3 is 2.53 bits per heavy atom. The van der Waals surface area contributed by atoms with E-state index >= 15 is 0 Å². The summed E-state index contributed by atoms with van der Waals surface area (Å²) in [6.45, 7) is 4.70. The Balaban J connectivity index is 1.94. The van der Waals surface area contributed by atoms with Crippen molar-refractivity contribution in [2.45, 2.75) is 39.2 Å². The van der Waals surface area contributed by atoms with E-state index in [1.54, 1.807) is 11.3 Å². The Morgan fingerprint density at radius 2 is 2.00 bits per heavy atom. The van der Waals surface area contributed by atoms with Gasteiger partial charge in [0.25, 0.3) is 0 Å². The van der Waals surface area contributed by atoms with Crippen LogP contribution in [0.15, 0.2) is 9.98 Å². The molecule has 1 saturated carbocycles. The van der Waals surface area contributed by atoms with Crippen LogP contribution in [0.3, 0.4) is 0 Å². The lowest BCUT2D eigenvalue weighted by Crippen LogP contribution is -2.30. The van der Waals surface area contributed by atoms with E-state index in [9.17, 15) is 0 Å². The van der Waals surface area contributed by atoms with Crippen LogP contribution in [0, 0.1) is 11.8 Å². The summed E-state index contributed by atoms with van der Waals surface area (Å²) in [7, 11) is 0. The first-order chi connectivity index (χ1) is 7.13. The number of nitrogens with zero attached hydrogens (tertiary/aromatic N) is 1. The molecule has 0 aromatic carbocycles. The Labute approximate surface area is 104 Å². The molecule has 0 saturated heterocycles. The van der Waals surface area contributed by atoms with Crippen molar-refractivity contribution in [1.29, 1.82) is 0 Å². The van der Waals surface area contributed by atoms with Crippen LogP contribution >= 0.6 is 27.3 Å². The van der Waals surface area contributed by atoms with Crippen molar-refractivity contribution in [2.24, 2.45) is 11.8 Å². The highest BCUT2D eigenvalue weighted by Gasteiger charge is 2.24. The molecule has 0 amide bonds. The van der Waals surface area contributed by atoms with Gasteiger partial charge in [0.2, 0.25) is 0 Å². The van der Waals surface area contributed by atoms with E-state index in [1.165, 1.54) is 19.3 Å². The highest BCUT2D eigenvalue weighted by atomic mass is 79.9. The second kappa shape index (κ2) is 4.83. The Kier molecular flexibility index (Phi) is 3.67. The van der Waals surface area contributed by atoms with Crippen LogP contribution in [0.4, 0.5) is 5.13 Å². The second-order valence-corrected chi connectivity index (χ2v) is 6.40. The van der Waals surface area contributed by atoms with Gasteiger partial charge in [0.15, 0.2) is 5.13 Å². The third-order valence-corrected chi connectivity index (χ3v) is 4.47. The lowest BCUT2D eigenvalue weighted by Gasteiger charge is -2.31. The fourth-order valence-corrected chi connectivity index (χ4v) is 3.78. The normalized spacial score (nSPS) is 31.5. The molecule has 1 N–H and O–H groups in total. The summed E-state index contributed by atoms with van der Waals surface area (Å²) in [6.07, 6.45) is 3.93. The molecule has 2 unspecified atom stereocenters. The zero-order valence-electron chi connectivity index (χ0n) is 9.16. The van der Waals surface area contributed by atoms with Gasteiger partial charge in [-0.25, -0.2) is 4.98 Å². The fourth-order valence-electron chi connectivity index (χ4n) is 2.56. The van der Waals surface area contributed by atoms with E-state index in [4.69, 9.17) is 0 Å². The predicted molar refractivity (Wildman–Crippen MR) is 69.4 cm³/mol. The minimum Gasteiger partial charge on any atom is -0.359 e. The molecule has 1 fully saturated rings. The first-order valence-electron chi connectivity index (χ1n) is 5.51. The summed E-state index contributed by atoms with van der Waals surface area (Å²) in [5.41, 5.74) is 0. The molecule has 1 aromatic rings. The van der Waals surface area contributed by atoms with Gasteiger partial charge in [-0.15, -0.1) is 11.3 Å². The summed E-state index contributed by atoms with van der Waals surface area (Å²) in [5.74, 6) is 1.68. The molecule has 4 heteroatoms. The standard InChI is InChI=1S/C11H17BrN2S/c1-7-3-8(2)5-9(4-7)13-11-14-10(12)6-15-11/h6-9H,3-5H2,1-2H3,(H,13,14). The van der Waals surface area contributed by atoms with Crippen molar-refractivity contribution in [3.05, 3.63) is 9.98 Å². The minimum absolute atomic E-state index is 0.613. The van der Waals surface area contributed by atoms with E-state index < -0.39 is 0 Å². The molecular weight excluding hydrogens is 272 g/mol. The van der Waals surface area contributed by atoms with E-state index in [0.717, 1.165) is 21.6 Å². The van der Waals surface area contributed by atoms with Gasteiger partial charge in [-0.3, -0.25) is 0 Å². The maximum atomic E-state index is 4.38. The smallest absolute Gasteiger partial charge is 0.183 e. The van der Waals surface area contributed by atoms with Crippen molar-refractivity contribution in [3.63, 3.8) is 0 Å². The number of nitrogens with one attached hydrogen (secondary N) is 1. The molecule has 0 radical (unpaired) electrons. The average molecular weight is 289 g/mol. The van der Waals surface area contributed by atoms with Crippen molar-refractivity contribution in [2.75, 3.05) is 5.32 Å². The molecule has 15 heavy (non-hydrogen) atoms. The predicted octanol–water partition coefficient (Wildman–Crippen LogP) is 4.14. The Hall–Kier alpha value is -0.0900. The lowest BCUT2D eigenvalue weighted by molar-refractivity contribution is 0.281. The van der Waals surface area contributed by atoms with Crippen LogP contribution in [0.1, 0.15) is 33.1 Å². The van der Waals surface area contributed by atoms with Crippen LogP contribution in [0.2, 0.25) is 0 Å². The van der Waals surface area contributed by atoms with E-state index in [-0.39, 0.29) is 0 Å². The van der Waals surface area contributed by atoms with Crippen LogP contribution in [0.25, 0.3) is 0 Å². The topological polar surface area (TPSA) is 24.9 Å². The zero-order chi connectivity index (χ0) is 10.8. The largest absolute Gasteiger partial charge is 0.359 e. The maximum absolute atomic E-state index is 4.38. The molecule has 2 rings (SSSR count). The van der Waals surface area contributed by atoms with Crippen LogP contribution in [-0.4, -0.2) is 11.0 Å². The highest BCUT2D eigenvalue weighted by Crippen LogP contribution is 2.31. The summed E-state index contributed by atoms with van der Waals surface area (Å²) < 4.78 is 0.937. The molecule has 0 aliphatic heterocycles. The monoisotopic (exact) mass is 288 g/mol. The van der Waals surface area contributed by atoms with Crippen molar-refractivity contribution in [1.82, 2.24) is 4.98 Å². The second-order valence-electron chi connectivity index (χ2n) is 4.73. The van der Waals surface area contributed by atoms with Crippen LogP contribution in [0.5, 0.6) is 0 Å². The van der Waals surface area contributed by atoms with Gasteiger partial charge in [-0.1, -0.05) is 13.8 Å². The molecule has 1 aliphatic carbocycles. The summed E-state index contributed by atoms with van der Waals surface area (Å²) >= 11 is 5.06. The Morgan fingerprint density at radius 1 is 1.33 bits per heavy atom. The summed E-state index contributed by atoms with van der Waals surface area (Å²) in [5, 5.41) is 6.61. The van der Waals surface area contributed by atoms with E-state index in [0.29, 0.717) is 6.04 Å². The maximum Gasteiger partial charge on any atom is 0.183 e. The van der Waals surface area contributed by atoms with Crippen LogP contribution in [-0.2, 0) is 0 Å². The lowest BCUT2D eigenvalue weighted by atomic mass is 9.80.